The molecule has 0 saturated heterocycles. The third kappa shape index (κ3) is 3.00. The summed E-state index contributed by atoms with van der Waals surface area (Å²) < 4.78 is 0. The summed E-state index contributed by atoms with van der Waals surface area (Å²) in [5.41, 5.74) is 3.63. The second-order valence-corrected chi connectivity index (χ2v) is 5.96. The van der Waals surface area contributed by atoms with E-state index in [0.29, 0.717) is 5.69 Å². The SMILES string of the molecule is O=C(O)c1ccc(-c2ccccc2)cc1Nc1cccc2cnccc12. The van der Waals surface area contributed by atoms with Crippen molar-refractivity contribution in [3.8, 4) is 11.1 Å². The van der Waals surface area contributed by atoms with E-state index in [2.05, 4.69) is 10.3 Å². The van der Waals surface area contributed by atoms with Crippen LogP contribution in [-0.2, 0) is 0 Å². The minimum atomic E-state index is -0.964. The van der Waals surface area contributed by atoms with Crippen molar-refractivity contribution in [1.82, 2.24) is 4.98 Å². The van der Waals surface area contributed by atoms with Gasteiger partial charge in [-0.3, -0.25) is 4.98 Å². The van der Waals surface area contributed by atoms with Gasteiger partial charge in [0, 0.05) is 28.9 Å². The van der Waals surface area contributed by atoms with Gasteiger partial charge < -0.3 is 10.4 Å². The van der Waals surface area contributed by atoms with Gasteiger partial charge in [0.15, 0.2) is 0 Å². The van der Waals surface area contributed by atoms with Gasteiger partial charge in [-0.15, -0.1) is 0 Å². The van der Waals surface area contributed by atoms with E-state index in [1.165, 1.54) is 0 Å². The molecular formula is C22H16N2O2. The number of benzene rings is 3. The molecule has 0 unspecified atom stereocenters. The largest absolute Gasteiger partial charge is 0.478 e. The van der Waals surface area contributed by atoms with Crippen molar-refractivity contribution in [3.05, 3.63) is 90.8 Å². The van der Waals surface area contributed by atoms with Crippen LogP contribution in [-0.4, -0.2) is 16.1 Å². The number of hydrogen-bond donors (Lipinski definition) is 2. The number of pyridine rings is 1. The zero-order valence-corrected chi connectivity index (χ0v) is 13.9. The maximum atomic E-state index is 11.7. The summed E-state index contributed by atoms with van der Waals surface area (Å²) >= 11 is 0. The number of carbonyl (C=O) groups is 1. The zero-order chi connectivity index (χ0) is 17.9. The predicted molar refractivity (Wildman–Crippen MR) is 104 cm³/mol. The Balaban J connectivity index is 1.82. The van der Waals surface area contributed by atoms with Crippen LogP contribution in [0.3, 0.4) is 0 Å². The molecule has 1 heterocycles. The number of aromatic nitrogens is 1. The van der Waals surface area contributed by atoms with Crippen molar-refractivity contribution in [3.63, 3.8) is 0 Å². The van der Waals surface area contributed by atoms with Crippen molar-refractivity contribution in [1.29, 1.82) is 0 Å². The van der Waals surface area contributed by atoms with Crippen LogP contribution in [0.2, 0.25) is 0 Å². The molecule has 0 aliphatic rings. The lowest BCUT2D eigenvalue weighted by molar-refractivity contribution is 0.0698. The molecule has 0 radical (unpaired) electrons. The first kappa shape index (κ1) is 15.8. The maximum Gasteiger partial charge on any atom is 0.337 e. The topological polar surface area (TPSA) is 62.2 Å². The van der Waals surface area contributed by atoms with Crippen LogP contribution in [0.25, 0.3) is 21.9 Å². The standard InChI is InChI=1S/C22H16N2O2/c25-22(26)19-10-9-16(15-5-2-1-3-6-15)13-21(19)24-20-8-4-7-17-14-23-12-11-18(17)20/h1-14,24H,(H,25,26). The molecule has 3 aromatic carbocycles. The van der Waals surface area contributed by atoms with E-state index in [1.54, 1.807) is 18.5 Å². The molecule has 0 bridgehead atoms. The fourth-order valence-corrected chi connectivity index (χ4v) is 3.02. The summed E-state index contributed by atoms with van der Waals surface area (Å²) in [7, 11) is 0. The number of nitrogens with one attached hydrogen (secondary N) is 1. The van der Waals surface area contributed by atoms with Gasteiger partial charge in [0.25, 0.3) is 0 Å². The highest BCUT2D eigenvalue weighted by Crippen LogP contribution is 2.31. The van der Waals surface area contributed by atoms with E-state index in [9.17, 15) is 9.90 Å². The van der Waals surface area contributed by atoms with Gasteiger partial charge in [-0.05, 0) is 35.4 Å². The lowest BCUT2D eigenvalue weighted by Crippen LogP contribution is -2.03. The quantitative estimate of drug-likeness (QED) is 0.526. The first-order valence-electron chi connectivity index (χ1n) is 8.25. The molecule has 4 heteroatoms. The van der Waals surface area contributed by atoms with Gasteiger partial charge in [0.2, 0.25) is 0 Å². The highest BCUT2D eigenvalue weighted by molar-refractivity contribution is 6.00. The Labute approximate surface area is 150 Å². The second-order valence-electron chi connectivity index (χ2n) is 5.96. The number of anilines is 2. The van der Waals surface area contributed by atoms with E-state index in [1.807, 2.05) is 66.7 Å². The van der Waals surface area contributed by atoms with Crippen LogP contribution in [0, 0.1) is 0 Å². The first-order valence-corrected chi connectivity index (χ1v) is 8.25. The Morgan fingerprint density at radius 2 is 1.69 bits per heavy atom. The summed E-state index contributed by atoms with van der Waals surface area (Å²) in [6.45, 7) is 0. The smallest absolute Gasteiger partial charge is 0.337 e. The molecular weight excluding hydrogens is 324 g/mol. The molecule has 2 N–H and O–H groups in total. The molecule has 0 atom stereocenters. The summed E-state index contributed by atoms with van der Waals surface area (Å²) in [4.78, 5) is 15.8. The minimum Gasteiger partial charge on any atom is -0.478 e. The van der Waals surface area contributed by atoms with Crippen LogP contribution in [0.5, 0.6) is 0 Å². The summed E-state index contributed by atoms with van der Waals surface area (Å²) in [5, 5.41) is 14.9. The van der Waals surface area contributed by atoms with Gasteiger partial charge in [-0.2, -0.15) is 0 Å². The highest BCUT2D eigenvalue weighted by Gasteiger charge is 2.13. The normalized spacial score (nSPS) is 10.6. The summed E-state index contributed by atoms with van der Waals surface area (Å²) in [5.74, 6) is -0.964. The van der Waals surface area contributed by atoms with Crippen molar-refractivity contribution < 1.29 is 9.90 Å². The van der Waals surface area contributed by atoms with Crippen molar-refractivity contribution in [2.75, 3.05) is 5.32 Å². The Hall–Kier alpha value is -3.66. The van der Waals surface area contributed by atoms with Gasteiger partial charge in [-0.1, -0.05) is 48.5 Å². The maximum absolute atomic E-state index is 11.7. The van der Waals surface area contributed by atoms with Gasteiger partial charge in [0.05, 0.1) is 11.3 Å². The molecule has 26 heavy (non-hydrogen) atoms. The van der Waals surface area contributed by atoms with Crippen molar-refractivity contribution in [2.45, 2.75) is 0 Å². The molecule has 0 amide bonds. The molecule has 4 rings (SSSR count). The predicted octanol–water partition coefficient (Wildman–Crippen LogP) is 5.34. The Kier molecular flexibility index (Phi) is 4.07. The first-order chi connectivity index (χ1) is 12.7. The number of fused-ring (bicyclic) bond motifs is 1. The second kappa shape index (κ2) is 6.69. The van der Waals surface area contributed by atoms with Crippen molar-refractivity contribution in [2.24, 2.45) is 0 Å². The zero-order valence-electron chi connectivity index (χ0n) is 13.9. The Morgan fingerprint density at radius 3 is 2.50 bits per heavy atom. The van der Waals surface area contributed by atoms with Gasteiger partial charge >= 0.3 is 5.97 Å². The van der Waals surface area contributed by atoms with E-state index in [-0.39, 0.29) is 5.56 Å². The molecule has 4 nitrogen and oxygen atoms in total. The third-order valence-electron chi connectivity index (χ3n) is 4.31. The summed E-state index contributed by atoms with van der Waals surface area (Å²) in [6.07, 6.45) is 3.52. The Bertz CT molecular complexity index is 1090. The average molecular weight is 340 g/mol. The molecule has 4 aromatic rings. The van der Waals surface area contributed by atoms with E-state index < -0.39 is 5.97 Å². The number of rotatable bonds is 4. The molecule has 0 aliphatic carbocycles. The van der Waals surface area contributed by atoms with Crippen LogP contribution in [0.1, 0.15) is 10.4 Å². The number of carboxylic acids is 1. The fourth-order valence-electron chi connectivity index (χ4n) is 3.02. The number of carboxylic acid groups (broad SMARTS) is 1. The van der Waals surface area contributed by atoms with Crippen LogP contribution >= 0.6 is 0 Å². The fraction of sp³-hybridized carbons (Fsp3) is 0. The van der Waals surface area contributed by atoms with Crippen LogP contribution in [0.15, 0.2) is 85.2 Å². The minimum absolute atomic E-state index is 0.232. The molecule has 0 spiro atoms. The van der Waals surface area contributed by atoms with Gasteiger partial charge in [0.1, 0.15) is 0 Å². The molecule has 0 saturated carbocycles. The monoisotopic (exact) mass is 340 g/mol. The molecule has 126 valence electrons. The molecule has 1 aromatic heterocycles. The Morgan fingerprint density at radius 1 is 0.846 bits per heavy atom. The average Bonchev–Trinajstić information content (AvgIpc) is 2.69. The van der Waals surface area contributed by atoms with Crippen LogP contribution < -0.4 is 5.32 Å². The van der Waals surface area contributed by atoms with E-state index in [0.717, 1.165) is 27.6 Å². The van der Waals surface area contributed by atoms with E-state index in [4.69, 9.17) is 0 Å². The summed E-state index contributed by atoms with van der Waals surface area (Å²) in [6, 6.07) is 23.0. The van der Waals surface area contributed by atoms with Crippen molar-refractivity contribution >= 4 is 28.1 Å². The number of nitrogens with zero attached hydrogens (tertiary/aromatic N) is 1. The molecule has 0 aliphatic heterocycles. The van der Waals surface area contributed by atoms with E-state index >= 15 is 0 Å². The van der Waals surface area contributed by atoms with Crippen LogP contribution in [0.4, 0.5) is 11.4 Å². The lowest BCUT2D eigenvalue weighted by atomic mass is 10.0. The lowest BCUT2D eigenvalue weighted by Gasteiger charge is -2.14. The number of hydrogen-bond acceptors (Lipinski definition) is 3. The molecule has 0 fully saturated rings. The third-order valence-corrected chi connectivity index (χ3v) is 4.31. The van der Waals surface area contributed by atoms with Gasteiger partial charge in [-0.25, -0.2) is 4.79 Å². The number of aromatic carboxylic acids is 1. The highest BCUT2D eigenvalue weighted by atomic mass is 16.4.